The summed E-state index contributed by atoms with van der Waals surface area (Å²) < 4.78 is 0.844. The molecule has 1 N–H and O–H groups in total. The summed E-state index contributed by atoms with van der Waals surface area (Å²) in [6.07, 6.45) is 1.81. The van der Waals surface area contributed by atoms with E-state index in [9.17, 15) is 0 Å². The van der Waals surface area contributed by atoms with Crippen LogP contribution in [0, 0.1) is 0 Å². The van der Waals surface area contributed by atoms with E-state index in [1.807, 2.05) is 30.5 Å². The minimum absolute atomic E-state index is 0.281. The molecule has 0 atom stereocenters. The Morgan fingerprint density at radius 3 is 2.24 bits per heavy atom. The second-order valence-electron chi connectivity index (χ2n) is 4.93. The van der Waals surface area contributed by atoms with Crippen LogP contribution in [-0.2, 0) is 0 Å². The van der Waals surface area contributed by atoms with Gasteiger partial charge in [0.2, 0.25) is 0 Å². The van der Waals surface area contributed by atoms with Gasteiger partial charge in [-0.2, -0.15) is 0 Å². The number of fused-ring (bicyclic) bond motifs is 1. The Bertz CT molecular complexity index is 384. The van der Waals surface area contributed by atoms with Crippen LogP contribution < -0.4 is 0 Å². The Kier molecular flexibility index (Phi) is 5.07. The predicted octanol–water partition coefficient (Wildman–Crippen LogP) is 1.92. The van der Waals surface area contributed by atoms with Crippen LogP contribution in [0.25, 0.3) is 10.9 Å². The molecular weight excluding hydrogens is 212 g/mol. The second kappa shape index (κ2) is 6.33. The van der Waals surface area contributed by atoms with E-state index in [-0.39, 0.29) is 6.61 Å². The van der Waals surface area contributed by atoms with Crippen molar-refractivity contribution in [2.75, 3.05) is 34.3 Å². The van der Waals surface area contributed by atoms with E-state index in [0.717, 1.165) is 16.5 Å². The van der Waals surface area contributed by atoms with Crippen LogP contribution in [0.15, 0.2) is 42.6 Å². The number of pyridine rings is 1. The normalized spacial score (nSPS) is 10.8. The first-order chi connectivity index (χ1) is 8.03. The fourth-order valence-corrected chi connectivity index (χ4v) is 1.32. The number of hydrogen-bond donors (Lipinski definition) is 1. The number of aliphatic hydroxyl groups excluding tert-OH is 1. The van der Waals surface area contributed by atoms with E-state index in [2.05, 4.69) is 38.3 Å². The molecule has 0 unspecified atom stereocenters. The lowest BCUT2D eigenvalue weighted by Gasteiger charge is -2.21. The first-order valence-electron chi connectivity index (χ1n) is 5.74. The largest absolute Gasteiger partial charge is 0.391 e. The summed E-state index contributed by atoms with van der Waals surface area (Å²) in [6, 6.07) is 12.1. The van der Waals surface area contributed by atoms with E-state index in [0.29, 0.717) is 0 Å². The molecule has 0 bridgehead atoms. The van der Waals surface area contributed by atoms with Gasteiger partial charge in [-0.3, -0.25) is 4.98 Å². The molecule has 0 aliphatic heterocycles. The molecule has 0 aliphatic carbocycles. The molecule has 0 saturated carbocycles. The van der Waals surface area contributed by atoms with Crippen LogP contribution in [0.3, 0.4) is 0 Å². The number of rotatable bonds is 2. The van der Waals surface area contributed by atoms with Crippen LogP contribution >= 0.6 is 0 Å². The molecule has 92 valence electrons. The minimum atomic E-state index is 0.281. The molecule has 0 saturated heterocycles. The lowest BCUT2D eigenvalue weighted by Crippen LogP contribution is -2.36. The molecule has 0 fully saturated rings. The average Bonchev–Trinajstić information content (AvgIpc) is 2.28. The molecule has 0 amide bonds. The van der Waals surface area contributed by atoms with Crippen LogP contribution in [0.5, 0.6) is 0 Å². The van der Waals surface area contributed by atoms with Gasteiger partial charge in [-0.05, 0) is 12.1 Å². The molecule has 1 aromatic heterocycles. The second-order valence-corrected chi connectivity index (χ2v) is 4.93. The zero-order valence-corrected chi connectivity index (χ0v) is 10.8. The molecule has 3 heteroatoms. The Hall–Kier alpha value is -1.45. The first kappa shape index (κ1) is 13.6. The summed E-state index contributed by atoms with van der Waals surface area (Å²) in [6.45, 7) is 1.11. The van der Waals surface area contributed by atoms with Gasteiger partial charge in [0.15, 0.2) is 0 Å². The summed E-state index contributed by atoms with van der Waals surface area (Å²) in [5.74, 6) is 0. The maximum atomic E-state index is 8.39. The number of benzene rings is 1. The zero-order chi connectivity index (χ0) is 12.7. The standard InChI is InChI=1S/C9H7N.C5H14NO/c1-2-6-9-8(4-1)5-3-7-10-9;1-6(2,3)4-5-7/h1-7H;7H,4-5H2,1-3H3/q;+1. The van der Waals surface area contributed by atoms with Crippen LogP contribution in [0.2, 0.25) is 0 Å². The van der Waals surface area contributed by atoms with E-state index < -0.39 is 0 Å². The smallest absolute Gasteiger partial charge is 0.101 e. The third-order valence-corrected chi connectivity index (χ3v) is 2.28. The number of para-hydroxylation sites is 1. The van der Waals surface area contributed by atoms with Crippen molar-refractivity contribution in [3.05, 3.63) is 42.6 Å². The van der Waals surface area contributed by atoms with Crippen LogP contribution in [0.1, 0.15) is 0 Å². The SMILES string of the molecule is C[N+](C)(C)CCO.c1ccc2ncccc2c1. The molecule has 3 nitrogen and oxygen atoms in total. The quantitative estimate of drug-likeness (QED) is 0.804. The number of quaternary nitrogens is 1. The Morgan fingerprint density at radius 1 is 1.06 bits per heavy atom. The molecule has 17 heavy (non-hydrogen) atoms. The molecule has 0 spiro atoms. The van der Waals surface area contributed by atoms with Gasteiger partial charge >= 0.3 is 0 Å². The highest BCUT2D eigenvalue weighted by atomic mass is 16.3. The lowest BCUT2D eigenvalue weighted by atomic mass is 10.2. The van der Waals surface area contributed by atoms with Gasteiger partial charge in [0.25, 0.3) is 0 Å². The maximum Gasteiger partial charge on any atom is 0.101 e. The van der Waals surface area contributed by atoms with Crippen molar-refractivity contribution in [2.24, 2.45) is 0 Å². The highest BCUT2D eigenvalue weighted by Crippen LogP contribution is 2.07. The summed E-state index contributed by atoms with van der Waals surface area (Å²) in [4.78, 5) is 4.18. The highest BCUT2D eigenvalue weighted by Gasteiger charge is 2.02. The van der Waals surface area contributed by atoms with Crippen molar-refractivity contribution < 1.29 is 9.59 Å². The predicted molar refractivity (Wildman–Crippen MR) is 71.7 cm³/mol. The van der Waals surface area contributed by atoms with E-state index in [4.69, 9.17) is 5.11 Å². The monoisotopic (exact) mass is 233 g/mol. The average molecular weight is 233 g/mol. The number of nitrogens with zero attached hydrogens (tertiary/aromatic N) is 2. The molecule has 2 rings (SSSR count). The van der Waals surface area contributed by atoms with Crippen molar-refractivity contribution in [1.29, 1.82) is 0 Å². The van der Waals surface area contributed by atoms with Crippen LogP contribution in [0.4, 0.5) is 0 Å². The van der Waals surface area contributed by atoms with E-state index in [1.54, 1.807) is 0 Å². The van der Waals surface area contributed by atoms with Gasteiger partial charge in [-0.15, -0.1) is 0 Å². The van der Waals surface area contributed by atoms with Gasteiger partial charge in [0, 0.05) is 11.6 Å². The third kappa shape index (κ3) is 5.43. The highest BCUT2D eigenvalue weighted by molar-refractivity contribution is 5.77. The Morgan fingerprint density at radius 2 is 1.71 bits per heavy atom. The summed E-state index contributed by atoms with van der Waals surface area (Å²) in [5.41, 5.74) is 1.06. The summed E-state index contributed by atoms with van der Waals surface area (Å²) in [5, 5.41) is 9.59. The van der Waals surface area contributed by atoms with E-state index in [1.165, 1.54) is 5.39 Å². The van der Waals surface area contributed by atoms with Gasteiger partial charge < -0.3 is 9.59 Å². The van der Waals surface area contributed by atoms with Gasteiger partial charge in [-0.25, -0.2) is 0 Å². The number of aromatic nitrogens is 1. The number of likely N-dealkylation sites (N-methyl/N-ethyl adjacent to an activating group) is 1. The van der Waals surface area contributed by atoms with Crippen molar-refractivity contribution in [3.63, 3.8) is 0 Å². The molecular formula is C14H21N2O+. The van der Waals surface area contributed by atoms with Gasteiger partial charge in [-0.1, -0.05) is 24.3 Å². The van der Waals surface area contributed by atoms with E-state index >= 15 is 0 Å². The molecule has 1 aromatic carbocycles. The topological polar surface area (TPSA) is 33.1 Å². The van der Waals surface area contributed by atoms with Crippen molar-refractivity contribution in [3.8, 4) is 0 Å². The lowest BCUT2D eigenvalue weighted by molar-refractivity contribution is -0.870. The summed E-state index contributed by atoms with van der Waals surface area (Å²) in [7, 11) is 6.16. The van der Waals surface area contributed by atoms with Crippen molar-refractivity contribution in [2.45, 2.75) is 0 Å². The Labute approximate surface area is 103 Å². The maximum absolute atomic E-state index is 8.39. The Balaban J connectivity index is 0.000000185. The molecule has 0 radical (unpaired) electrons. The fraction of sp³-hybridized carbons (Fsp3) is 0.357. The fourth-order valence-electron chi connectivity index (χ4n) is 1.32. The molecule has 0 aliphatic rings. The van der Waals surface area contributed by atoms with Gasteiger partial charge in [0.1, 0.15) is 6.54 Å². The molecule has 1 heterocycles. The van der Waals surface area contributed by atoms with Crippen LogP contribution in [-0.4, -0.2) is 48.9 Å². The molecule has 2 aromatic rings. The van der Waals surface area contributed by atoms with Crippen molar-refractivity contribution in [1.82, 2.24) is 4.98 Å². The van der Waals surface area contributed by atoms with Crippen molar-refractivity contribution >= 4 is 10.9 Å². The summed E-state index contributed by atoms with van der Waals surface area (Å²) >= 11 is 0. The first-order valence-corrected chi connectivity index (χ1v) is 5.74. The third-order valence-electron chi connectivity index (χ3n) is 2.28. The zero-order valence-electron chi connectivity index (χ0n) is 10.8. The minimum Gasteiger partial charge on any atom is -0.391 e. The number of hydrogen-bond acceptors (Lipinski definition) is 2. The van der Waals surface area contributed by atoms with Gasteiger partial charge in [0.05, 0.1) is 33.3 Å². The number of aliphatic hydroxyl groups is 1.